The second kappa shape index (κ2) is 2.61. The summed E-state index contributed by atoms with van der Waals surface area (Å²) in [6.07, 6.45) is 0. The molecule has 0 aliphatic heterocycles. The van der Waals surface area contributed by atoms with Crippen LogP contribution in [0.1, 0.15) is 4.88 Å². The summed E-state index contributed by atoms with van der Waals surface area (Å²) in [6, 6.07) is 6.19. The fourth-order valence-electron chi connectivity index (χ4n) is 1.13. The van der Waals surface area contributed by atoms with E-state index in [1.165, 1.54) is 10.8 Å². The maximum atomic E-state index is 3.96. The zero-order chi connectivity index (χ0) is 7.84. The van der Waals surface area contributed by atoms with Gasteiger partial charge in [-0.1, -0.05) is 28.1 Å². The number of hydrogen-bond donors (Lipinski definition) is 0. The molecule has 2 heteroatoms. The van der Waals surface area contributed by atoms with E-state index in [1.54, 1.807) is 11.3 Å². The molecular formula is C9H6BrS. The summed E-state index contributed by atoms with van der Waals surface area (Å²) in [5, 5.41) is 4.65. The van der Waals surface area contributed by atoms with Crippen molar-refractivity contribution in [2.24, 2.45) is 0 Å². The van der Waals surface area contributed by atoms with Crippen LogP contribution in [0.15, 0.2) is 28.1 Å². The quantitative estimate of drug-likeness (QED) is 0.640. The highest BCUT2D eigenvalue weighted by atomic mass is 79.9. The summed E-state index contributed by atoms with van der Waals surface area (Å²) in [7, 11) is 0. The highest BCUT2D eigenvalue weighted by Gasteiger charge is 2.01. The second-order valence-corrected chi connectivity index (χ2v) is 4.18. The van der Waals surface area contributed by atoms with Gasteiger partial charge in [0, 0.05) is 14.7 Å². The molecular weight excluding hydrogens is 220 g/mol. The molecule has 1 radical (unpaired) electrons. The van der Waals surface area contributed by atoms with Gasteiger partial charge in [0.15, 0.2) is 0 Å². The first kappa shape index (κ1) is 7.32. The highest BCUT2D eigenvalue weighted by molar-refractivity contribution is 9.10. The Balaban J connectivity index is 2.96. The lowest BCUT2D eigenvalue weighted by atomic mass is 10.2. The van der Waals surface area contributed by atoms with Crippen LogP contribution in [0.5, 0.6) is 0 Å². The van der Waals surface area contributed by atoms with E-state index >= 15 is 0 Å². The minimum Gasteiger partial charge on any atom is -0.148 e. The van der Waals surface area contributed by atoms with Crippen LogP contribution in [-0.4, -0.2) is 0 Å². The van der Waals surface area contributed by atoms with Gasteiger partial charge in [-0.3, -0.25) is 0 Å². The van der Waals surface area contributed by atoms with Crippen LogP contribution in [0.25, 0.3) is 10.8 Å². The molecule has 0 saturated carbocycles. The number of benzene rings is 1. The summed E-state index contributed by atoms with van der Waals surface area (Å²) in [5.41, 5.74) is 0. The first-order chi connectivity index (χ1) is 5.29. The van der Waals surface area contributed by atoms with E-state index in [4.69, 9.17) is 0 Å². The molecule has 0 spiro atoms. The van der Waals surface area contributed by atoms with Crippen molar-refractivity contribution < 1.29 is 0 Å². The van der Waals surface area contributed by atoms with Gasteiger partial charge in [0.25, 0.3) is 0 Å². The molecule has 0 amide bonds. The average Bonchev–Trinajstić information content (AvgIpc) is 2.34. The summed E-state index contributed by atoms with van der Waals surface area (Å²) in [5.74, 6) is 0. The van der Waals surface area contributed by atoms with E-state index in [2.05, 4.69) is 34.3 Å². The smallest absolute Gasteiger partial charge is 0.0264 e. The van der Waals surface area contributed by atoms with Crippen LogP contribution >= 0.6 is 27.3 Å². The van der Waals surface area contributed by atoms with Gasteiger partial charge in [0.2, 0.25) is 0 Å². The third kappa shape index (κ3) is 1.10. The van der Waals surface area contributed by atoms with Crippen LogP contribution in [-0.2, 0) is 0 Å². The number of hydrogen-bond acceptors (Lipinski definition) is 1. The third-order valence-corrected chi connectivity index (χ3v) is 3.17. The normalized spacial score (nSPS) is 10.7. The lowest BCUT2D eigenvalue weighted by Crippen LogP contribution is -1.68. The Labute approximate surface area is 78.0 Å². The second-order valence-electron chi connectivity index (χ2n) is 2.36. The maximum Gasteiger partial charge on any atom is 0.0264 e. The number of thiophene rings is 1. The van der Waals surface area contributed by atoms with E-state index in [9.17, 15) is 0 Å². The van der Waals surface area contributed by atoms with Crippen LogP contribution in [0.3, 0.4) is 0 Å². The van der Waals surface area contributed by atoms with Gasteiger partial charge in [0.1, 0.15) is 0 Å². The van der Waals surface area contributed by atoms with Gasteiger partial charge in [-0.05, 0) is 23.8 Å². The minimum absolute atomic E-state index is 1.13. The van der Waals surface area contributed by atoms with Crippen LogP contribution in [0.4, 0.5) is 0 Å². The number of fused-ring (bicyclic) bond motifs is 1. The van der Waals surface area contributed by atoms with E-state index in [0.29, 0.717) is 0 Å². The predicted octanol–water partition coefficient (Wildman–Crippen LogP) is 3.85. The SMILES string of the molecule is [CH2]c1scc2cccc(Br)c12. The molecule has 2 aromatic rings. The Morgan fingerprint density at radius 3 is 2.91 bits per heavy atom. The maximum absolute atomic E-state index is 3.96. The summed E-state index contributed by atoms with van der Waals surface area (Å²) in [4.78, 5) is 1.13. The summed E-state index contributed by atoms with van der Waals surface area (Å²) in [6.45, 7) is 3.96. The van der Waals surface area contributed by atoms with E-state index < -0.39 is 0 Å². The van der Waals surface area contributed by atoms with Crippen LogP contribution in [0, 0.1) is 6.92 Å². The van der Waals surface area contributed by atoms with Crippen molar-refractivity contribution in [1.29, 1.82) is 0 Å². The summed E-state index contributed by atoms with van der Waals surface area (Å²) < 4.78 is 1.14. The fourth-order valence-corrected chi connectivity index (χ4v) is 2.69. The molecule has 0 aliphatic carbocycles. The van der Waals surface area contributed by atoms with Gasteiger partial charge < -0.3 is 0 Å². The van der Waals surface area contributed by atoms with Gasteiger partial charge in [0.05, 0.1) is 0 Å². The molecule has 11 heavy (non-hydrogen) atoms. The summed E-state index contributed by atoms with van der Waals surface area (Å²) >= 11 is 5.18. The molecule has 1 heterocycles. The van der Waals surface area contributed by atoms with Crippen molar-refractivity contribution in [2.45, 2.75) is 0 Å². The first-order valence-electron chi connectivity index (χ1n) is 3.27. The van der Waals surface area contributed by atoms with E-state index in [0.717, 1.165) is 9.35 Å². The molecule has 2 rings (SSSR count). The fraction of sp³-hybridized carbons (Fsp3) is 0. The van der Waals surface area contributed by atoms with Gasteiger partial charge in [-0.25, -0.2) is 0 Å². The Morgan fingerprint density at radius 1 is 1.36 bits per heavy atom. The molecule has 1 aromatic heterocycles. The predicted molar refractivity (Wildman–Crippen MR) is 54.0 cm³/mol. The Hall–Kier alpha value is -0.340. The van der Waals surface area contributed by atoms with Crippen molar-refractivity contribution in [2.75, 3.05) is 0 Å². The first-order valence-corrected chi connectivity index (χ1v) is 4.94. The van der Waals surface area contributed by atoms with Gasteiger partial charge >= 0.3 is 0 Å². The van der Waals surface area contributed by atoms with E-state index in [-0.39, 0.29) is 0 Å². The Bertz CT molecular complexity index is 389. The lowest BCUT2D eigenvalue weighted by Gasteiger charge is -1.93. The van der Waals surface area contributed by atoms with Crippen LogP contribution in [0.2, 0.25) is 0 Å². The van der Waals surface area contributed by atoms with Crippen molar-refractivity contribution in [3.05, 3.63) is 39.9 Å². The largest absolute Gasteiger partial charge is 0.148 e. The molecule has 1 aromatic carbocycles. The van der Waals surface area contributed by atoms with E-state index in [1.807, 2.05) is 12.1 Å². The van der Waals surface area contributed by atoms with Crippen molar-refractivity contribution in [1.82, 2.24) is 0 Å². The van der Waals surface area contributed by atoms with Crippen molar-refractivity contribution in [3.63, 3.8) is 0 Å². The monoisotopic (exact) mass is 225 g/mol. The zero-order valence-electron chi connectivity index (χ0n) is 5.80. The molecule has 55 valence electrons. The van der Waals surface area contributed by atoms with Gasteiger partial charge in [-0.2, -0.15) is 0 Å². The molecule has 0 atom stereocenters. The topological polar surface area (TPSA) is 0 Å². The third-order valence-electron chi connectivity index (χ3n) is 1.65. The highest BCUT2D eigenvalue weighted by Crippen LogP contribution is 2.30. The molecule has 0 nitrogen and oxygen atoms in total. The Morgan fingerprint density at radius 2 is 2.18 bits per heavy atom. The standard InChI is InChI=1S/C9H6BrS/c1-6-9-7(5-11-6)3-2-4-8(9)10/h2-5H,1H2. The van der Waals surface area contributed by atoms with Crippen molar-refractivity contribution >= 4 is 38.0 Å². The number of halogens is 1. The molecule has 0 N–H and O–H groups in total. The molecule has 0 fully saturated rings. The van der Waals surface area contributed by atoms with Crippen LogP contribution < -0.4 is 0 Å². The zero-order valence-corrected chi connectivity index (χ0v) is 8.21. The lowest BCUT2D eigenvalue weighted by molar-refractivity contribution is 1.76. The molecule has 0 saturated heterocycles. The molecule has 0 bridgehead atoms. The minimum atomic E-state index is 1.13. The van der Waals surface area contributed by atoms with Crippen molar-refractivity contribution in [3.8, 4) is 0 Å². The molecule has 0 unspecified atom stereocenters. The number of rotatable bonds is 0. The molecule has 0 aliphatic rings. The van der Waals surface area contributed by atoms with Gasteiger partial charge in [-0.15, -0.1) is 11.3 Å². The average molecular weight is 226 g/mol. The Kier molecular flexibility index (Phi) is 1.74.